The van der Waals surface area contributed by atoms with Gasteiger partial charge in [0.2, 0.25) is 0 Å². The van der Waals surface area contributed by atoms with Gasteiger partial charge in [-0.3, -0.25) is 4.79 Å². The molecule has 0 bridgehead atoms. The van der Waals surface area contributed by atoms with Crippen LogP contribution in [0.25, 0.3) is 0 Å². The van der Waals surface area contributed by atoms with E-state index >= 15 is 0 Å². The Bertz CT molecular complexity index is 581. The summed E-state index contributed by atoms with van der Waals surface area (Å²) in [5, 5.41) is 2.61. The van der Waals surface area contributed by atoms with Crippen LogP contribution < -0.4 is 10.2 Å². The van der Waals surface area contributed by atoms with E-state index in [0.717, 1.165) is 22.4 Å². The second kappa shape index (κ2) is 6.52. The number of carbonyl (C=O) groups excluding carboxylic acids is 1. The normalized spacial score (nSPS) is 10.2. The van der Waals surface area contributed by atoms with Crippen molar-refractivity contribution in [3.8, 4) is 0 Å². The second-order valence-electron chi connectivity index (χ2n) is 4.47. The van der Waals surface area contributed by atoms with Gasteiger partial charge in [-0.25, -0.2) is 4.98 Å². The van der Waals surface area contributed by atoms with E-state index in [0.29, 0.717) is 5.56 Å². The van der Waals surface area contributed by atoms with Crippen molar-refractivity contribution in [1.29, 1.82) is 0 Å². The summed E-state index contributed by atoms with van der Waals surface area (Å²) in [5.41, 5.74) is 1.80. The Morgan fingerprint density at radius 2 is 1.95 bits per heavy atom. The number of nitrogens with one attached hydrogen (secondary N) is 1. The highest BCUT2D eigenvalue weighted by atomic mass is 79.9. The average Bonchev–Trinajstić information content (AvgIpc) is 2.48. The molecule has 0 aliphatic rings. The predicted molar refractivity (Wildman–Crippen MR) is 83.9 cm³/mol. The zero-order chi connectivity index (χ0) is 14.5. The summed E-state index contributed by atoms with van der Waals surface area (Å²) in [5.74, 6) is 0.836. The van der Waals surface area contributed by atoms with Crippen molar-refractivity contribution in [1.82, 2.24) is 10.3 Å². The molecule has 1 aromatic carbocycles. The Morgan fingerprint density at radius 3 is 2.50 bits per heavy atom. The van der Waals surface area contributed by atoms with Crippen LogP contribution in [0.5, 0.6) is 0 Å². The van der Waals surface area contributed by atoms with Gasteiger partial charge in [-0.2, -0.15) is 0 Å². The molecule has 0 aliphatic heterocycles. The molecule has 2 rings (SSSR count). The van der Waals surface area contributed by atoms with E-state index in [-0.39, 0.29) is 5.91 Å². The fourth-order valence-corrected chi connectivity index (χ4v) is 2.09. The maximum Gasteiger partial charge on any atom is 0.251 e. The molecular formula is C15H16BrN3O. The highest BCUT2D eigenvalue weighted by Crippen LogP contribution is 2.16. The van der Waals surface area contributed by atoms with Crippen LogP contribution in [0, 0.1) is 0 Å². The number of anilines is 1. The predicted octanol–water partition coefficient (Wildman–Crippen LogP) is 2.84. The number of halogens is 1. The number of rotatable bonds is 4. The van der Waals surface area contributed by atoms with Gasteiger partial charge in [0.25, 0.3) is 5.91 Å². The topological polar surface area (TPSA) is 45.2 Å². The summed E-state index contributed by atoms with van der Waals surface area (Å²) in [6.45, 7) is 0.739. The van der Waals surface area contributed by atoms with Crippen LogP contribution in [-0.4, -0.2) is 25.0 Å². The fraction of sp³-hybridized carbons (Fsp3) is 0.200. The van der Waals surface area contributed by atoms with Crippen molar-refractivity contribution in [3.63, 3.8) is 0 Å². The van der Waals surface area contributed by atoms with Crippen LogP contribution in [0.15, 0.2) is 47.1 Å². The van der Waals surface area contributed by atoms with E-state index in [4.69, 9.17) is 0 Å². The van der Waals surface area contributed by atoms with Gasteiger partial charge in [-0.1, -0.05) is 12.1 Å². The molecule has 20 heavy (non-hydrogen) atoms. The molecule has 0 spiro atoms. The smallest absolute Gasteiger partial charge is 0.251 e. The maximum absolute atomic E-state index is 11.5. The maximum atomic E-state index is 11.5. The largest absolute Gasteiger partial charge is 0.355 e. The minimum absolute atomic E-state index is 0.0699. The van der Waals surface area contributed by atoms with E-state index < -0.39 is 0 Å². The summed E-state index contributed by atoms with van der Waals surface area (Å²) < 4.78 is 0.963. The lowest BCUT2D eigenvalue weighted by Crippen LogP contribution is -2.19. The number of nitrogens with zero attached hydrogens (tertiary/aromatic N) is 2. The Balaban J connectivity index is 2.06. The highest BCUT2D eigenvalue weighted by Gasteiger charge is 2.05. The third-order valence-corrected chi connectivity index (χ3v) is 3.43. The first-order valence-corrected chi connectivity index (χ1v) is 7.03. The van der Waals surface area contributed by atoms with Crippen LogP contribution in [0.1, 0.15) is 15.9 Å². The molecule has 4 nitrogen and oxygen atoms in total. The first kappa shape index (κ1) is 14.5. The van der Waals surface area contributed by atoms with E-state index in [1.165, 1.54) is 0 Å². The van der Waals surface area contributed by atoms with Gasteiger partial charge in [0.15, 0.2) is 0 Å². The third-order valence-electron chi connectivity index (χ3n) is 2.97. The molecular weight excluding hydrogens is 318 g/mol. The fourth-order valence-electron chi connectivity index (χ4n) is 1.85. The first-order valence-electron chi connectivity index (χ1n) is 6.24. The van der Waals surface area contributed by atoms with Gasteiger partial charge in [0.05, 0.1) is 0 Å². The quantitative estimate of drug-likeness (QED) is 0.935. The third kappa shape index (κ3) is 3.57. The Labute approximate surface area is 127 Å². The molecule has 0 atom stereocenters. The number of benzene rings is 1. The number of amides is 1. The standard InChI is InChI=1S/C15H16BrN3O/c1-17-15(20)12-5-3-11(4-6-12)10-19(2)14-8-7-13(16)9-18-14/h3-9H,10H2,1-2H3,(H,17,20). The van der Waals surface area contributed by atoms with Crippen molar-refractivity contribution < 1.29 is 4.79 Å². The van der Waals surface area contributed by atoms with E-state index in [1.54, 1.807) is 13.2 Å². The van der Waals surface area contributed by atoms with Crippen LogP contribution in [0.2, 0.25) is 0 Å². The number of carbonyl (C=O) groups is 1. The Hall–Kier alpha value is -1.88. The molecule has 104 valence electrons. The zero-order valence-corrected chi connectivity index (χ0v) is 13.0. The second-order valence-corrected chi connectivity index (χ2v) is 5.38. The number of hydrogen-bond donors (Lipinski definition) is 1. The molecule has 5 heteroatoms. The van der Waals surface area contributed by atoms with Crippen LogP contribution in [0.4, 0.5) is 5.82 Å². The lowest BCUT2D eigenvalue weighted by Gasteiger charge is -2.18. The first-order chi connectivity index (χ1) is 9.60. The summed E-state index contributed by atoms with van der Waals surface area (Å²) >= 11 is 3.37. The SMILES string of the molecule is CNC(=O)c1ccc(CN(C)c2ccc(Br)cn2)cc1. The number of pyridine rings is 1. The summed E-state index contributed by atoms with van der Waals surface area (Å²) in [7, 11) is 3.62. The van der Waals surface area contributed by atoms with Crippen molar-refractivity contribution in [2.45, 2.75) is 6.54 Å². The number of hydrogen-bond acceptors (Lipinski definition) is 3. The van der Waals surface area contributed by atoms with Gasteiger partial charge in [-0.05, 0) is 45.8 Å². The highest BCUT2D eigenvalue weighted by molar-refractivity contribution is 9.10. The van der Waals surface area contributed by atoms with E-state index in [1.807, 2.05) is 43.4 Å². The van der Waals surface area contributed by atoms with E-state index in [9.17, 15) is 4.79 Å². The van der Waals surface area contributed by atoms with E-state index in [2.05, 4.69) is 31.1 Å². The molecule has 1 aromatic heterocycles. The average molecular weight is 334 g/mol. The van der Waals surface area contributed by atoms with Crippen LogP contribution >= 0.6 is 15.9 Å². The Kier molecular flexibility index (Phi) is 4.74. The monoisotopic (exact) mass is 333 g/mol. The summed E-state index contributed by atoms with van der Waals surface area (Å²) in [4.78, 5) is 17.9. The lowest BCUT2D eigenvalue weighted by molar-refractivity contribution is 0.0963. The molecule has 0 radical (unpaired) electrons. The molecule has 0 aliphatic carbocycles. The summed E-state index contributed by atoms with van der Waals surface area (Å²) in [6, 6.07) is 11.5. The van der Waals surface area contributed by atoms with Gasteiger partial charge < -0.3 is 10.2 Å². The van der Waals surface area contributed by atoms with Crippen molar-refractivity contribution in [3.05, 3.63) is 58.2 Å². The number of aromatic nitrogens is 1. The molecule has 1 amide bonds. The van der Waals surface area contributed by atoms with Crippen LogP contribution in [0.3, 0.4) is 0 Å². The lowest BCUT2D eigenvalue weighted by atomic mass is 10.1. The van der Waals surface area contributed by atoms with Crippen LogP contribution in [-0.2, 0) is 6.54 Å². The molecule has 2 aromatic rings. The molecule has 0 saturated carbocycles. The zero-order valence-electron chi connectivity index (χ0n) is 11.4. The molecule has 0 saturated heterocycles. The van der Waals surface area contributed by atoms with Crippen molar-refractivity contribution >= 4 is 27.7 Å². The minimum atomic E-state index is -0.0699. The van der Waals surface area contributed by atoms with Crippen molar-refractivity contribution in [2.75, 3.05) is 19.0 Å². The van der Waals surface area contributed by atoms with Gasteiger partial charge in [-0.15, -0.1) is 0 Å². The van der Waals surface area contributed by atoms with Gasteiger partial charge in [0, 0.05) is 36.9 Å². The van der Waals surface area contributed by atoms with Gasteiger partial charge >= 0.3 is 0 Å². The molecule has 0 fully saturated rings. The summed E-state index contributed by atoms with van der Waals surface area (Å²) in [6.07, 6.45) is 1.78. The Morgan fingerprint density at radius 1 is 1.25 bits per heavy atom. The molecule has 1 heterocycles. The van der Waals surface area contributed by atoms with Crippen molar-refractivity contribution in [2.24, 2.45) is 0 Å². The molecule has 0 unspecified atom stereocenters. The minimum Gasteiger partial charge on any atom is -0.355 e. The molecule has 1 N–H and O–H groups in total. The van der Waals surface area contributed by atoms with Gasteiger partial charge in [0.1, 0.15) is 5.82 Å².